The van der Waals surface area contributed by atoms with Gasteiger partial charge in [-0.1, -0.05) is 13.8 Å². The van der Waals surface area contributed by atoms with Crippen LogP contribution in [-0.2, 0) is 0 Å². The van der Waals surface area contributed by atoms with Crippen molar-refractivity contribution < 1.29 is 4.79 Å². The van der Waals surface area contributed by atoms with E-state index < -0.39 is 0 Å². The summed E-state index contributed by atoms with van der Waals surface area (Å²) in [4.78, 5) is 25.2. The van der Waals surface area contributed by atoms with Crippen LogP contribution in [0.4, 0.5) is 5.82 Å². The zero-order chi connectivity index (χ0) is 16.1. The van der Waals surface area contributed by atoms with Crippen LogP contribution in [0.15, 0.2) is 12.4 Å². The number of amides is 1. The topological polar surface area (TPSA) is 61.4 Å². The summed E-state index contributed by atoms with van der Waals surface area (Å²) in [5, 5.41) is 2.82. The second kappa shape index (κ2) is 7.54. The average molecular weight is 305 g/mol. The minimum atomic E-state index is -0.171. The molecule has 6 nitrogen and oxygen atoms in total. The Bertz CT molecular complexity index is 478. The molecule has 6 heteroatoms. The molecule has 1 aliphatic heterocycles. The fourth-order valence-electron chi connectivity index (χ4n) is 2.61. The lowest BCUT2D eigenvalue weighted by atomic mass is 10.2. The molecule has 0 bridgehead atoms. The van der Waals surface area contributed by atoms with Gasteiger partial charge >= 0.3 is 0 Å². The summed E-state index contributed by atoms with van der Waals surface area (Å²) in [7, 11) is 0. The molecule has 0 atom stereocenters. The van der Waals surface area contributed by atoms with Gasteiger partial charge in [0.1, 0.15) is 11.5 Å². The van der Waals surface area contributed by atoms with E-state index in [9.17, 15) is 4.79 Å². The van der Waals surface area contributed by atoms with Crippen LogP contribution in [-0.4, -0.2) is 59.5 Å². The molecule has 1 aromatic rings. The number of aromatic nitrogens is 2. The van der Waals surface area contributed by atoms with Crippen molar-refractivity contribution in [1.29, 1.82) is 0 Å². The molecule has 1 aromatic heterocycles. The first-order valence-corrected chi connectivity index (χ1v) is 8.06. The molecule has 22 heavy (non-hydrogen) atoms. The molecule has 0 saturated carbocycles. The zero-order valence-electron chi connectivity index (χ0n) is 14.0. The molecule has 0 aliphatic carbocycles. The van der Waals surface area contributed by atoms with Crippen molar-refractivity contribution in [2.24, 2.45) is 5.92 Å². The summed E-state index contributed by atoms with van der Waals surface area (Å²) in [6.45, 7) is 13.5. The molecule has 1 aliphatic rings. The molecule has 122 valence electrons. The maximum Gasteiger partial charge on any atom is 0.271 e. The predicted octanol–water partition coefficient (Wildman–Crippen LogP) is 1.39. The van der Waals surface area contributed by atoms with Gasteiger partial charge in [-0.25, -0.2) is 9.97 Å². The Kier molecular flexibility index (Phi) is 5.71. The monoisotopic (exact) mass is 305 g/mol. The number of anilines is 1. The molecule has 0 unspecified atom stereocenters. The largest absolute Gasteiger partial charge is 0.353 e. The van der Waals surface area contributed by atoms with Gasteiger partial charge < -0.3 is 10.2 Å². The van der Waals surface area contributed by atoms with Crippen molar-refractivity contribution in [3.05, 3.63) is 18.1 Å². The maximum atomic E-state index is 11.9. The predicted molar refractivity (Wildman–Crippen MR) is 88.1 cm³/mol. The van der Waals surface area contributed by atoms with Crippen LogP contribution in [0.25, 0.3) is 0 Å². The summed E-state index contributed by atoms with van der Waals surface area (Å²) in [6.07, 6.45) is 3.26. The zero-order valence-corrected chi connectivity index (χ0v) is 14.0. The van der Waals surface area contributed by atoms with Crippen molar-refractivity contribution in [3.8, 4) is 0 Å². The fraction of sp³-hybridized carbons (Fsp3) is 0.688. The van der Waals surface area contributed by atoms with Crippen LogP contribution in [0, 0.1) is 5.92 Å². The Hall–Kier alpha value is -1.69. The lowest BCUT2D eigenvalue weighted by molar-refractivity contribution is 0.0937. The van der Waals surface area contributed by atoms with Crippen LogP contribution in [0.3, 0.4) is 0 Å². The number of rotatable bonds is 5. The lowest BCUT2D eigenvalue weighted by Crippen LogP contribution is -2.47. The van der Waals surface area contributed by atoms with Crippen LogP contribution < -0.4 is 10.2 Å². The van der Waals surface area contributed by atoms with E-state index >= 15 is 0 Å². The van der Waals surface area contributed by atoms with Gasteiger partial charge in [0.05, 0.1) is 12.4 Å². The third kappa shape index (κ3) is 4.66. The number of carbonyl (C=O) groups excluding carboxylic acids is 1. The van der Waals surface area contributed by atoms with Crippen molar-refractivity contribution in [2.45, 2.75) is 33.7 Å². The Morgan fingerprint density at radius 1 is 1.14 bits per heavy atom. The molecular formula is C16H27N5O. The molecule has 1 fully saturated rings. The van der Waals surface area contributed by atoms with E-state index in [0.29, 0.717) is 11.6 Å². The Morgan fingerprint density at radius 2 is 1.82 bits per heavy atom. The van der Waals surface area contributed by atoms with Gasteiger partial charge in [0, 0.05) is 38.8 Å². The van der Waals surface area contributed by atoms with Crippen LogP contribution in [0.2, 0.25) is 0 Å². The Labute approximate surface area is 132 Å². The van der Waals surface area contributed by atoms with Crippen molar-refractivity contribution in [1.82, 2.24) is 20.2 Å². The first-order valence-electron chi connectivity index (χ1n) is 8.06. The van der Waals surface area contributed by atoms with Gasteiger partial charge in [-0.2, -0.15) is 0 Å². The van der Waals surface area contributed by atoms with Gasteiger partial charge in [-0.15, -0.1) is 0 Å². The van der Waals surface area contributed by atoms with E-state index in [4.69, 9.17) is 0 Å². The first kappa shape index (κ1) is 16.7. The van der Waals surface area contributed by atoms with E-state index in [1.54, 1.807) is 12.4 Å². The summed E-state index contributed by atoms with van der Waals surface area (Å²) >= 11 is 0. The van der Waals surface area contributed by atoms with Crippen molar-refractivity contribution in [3.63, 3.8) is 0 Å². The molecule has 2 heterocycles. The van der Waals surface area contributed by atoms with E-state index in [1.807, 2.05) is 13.8 Å². The molecule has 1 amide bonds. The van der Waals surface area contributed by atoms with Gasteiger partial charge in [0.15, 0.2) is 0 Å². The standard InChI is InChI=1S/C16H27N5O/c1-12(2)11-20-5-7-21(8-6-20)15-10-17-14(9-18-15)16(22)19-13(3)4/h9-10,12-13H,5-8,11H2,1-4H3,(H,19,22). The van der Waals surface area contributed by atoms with Crippen molar-refractivity contribution >= 4 is 11.7 Å². The smallest absolute Gasteiger partial charge is 0.271 e. The highest BCUT2D eigenvalue weighted by molar-refractivity contribution is 5.92. The molecule has 0 aromatic carbocycles. The van der Waals surface area contributed by atoms with E-state index in [2.05, 4.69) is 38.9 Å². The number of hydrogen-bond acceptors (Lipinski definition) is 5. The molecule has 0 radical (unpaired) electrons. The van der Waals surface area contributed by atoms with Gasteiger partial charge in [0.25, 0.3) is 5.91 Å². The van der Waals surface area contributed by atoms with E-state index in [-0.39, 0.29) is 11.9 Å². The highest BCUT2D eigenvalue weighted by Gasteiger charge is 2.19. The second-order valence-electron chi connectivity index (χ2n) is 6.57. The molecule has 1 saturated heterocycles. The van der Waals surface area contributed by atoms with Crippen LogP contribution in [0.1, 0.15) is 38.2 Å². The number of hydrogen-bond donors (Lipinski definition) is 1. The number of carbonyl (C=O) groups is 1. The maximum absolute atomic E-state index is 11.9. The minimum Gasteiger partial charge on any atom is -0.353 e. The first-order chi connectivity index (χ1) is 10.5. The van der Waals surface area contributed by atoms with Gasteiger partial charge in [0.2, 0.25) is 0 Å². The van der Waals surface area contributed by atoms with Crippen LogP contribution in [0.5, 0.6) is 0 Å². The number of piperazine rings is 1. The highest BCUT2D eigenvalue weighted by Crippen LogP contribution is 2.13. The molecule has 1 N–H and O–H groups in total. The normalized spacial score (nSPS) is 16.4. The summed E-state index contributed by atoms with van der Waals surface area (Å²) in [5.41, 5.74) is 0.371. The quantitative estimate of drug-likeness (QED) is 0.891. The highest BCUT2D eigenvalue weighted by atomic mass is 16.1. The lowest BCUT2D eigenvalue weighted by Gasteiger charge is -2.36. The van der Waals surface area contributed by atoms with Gasteiger partial charge in [-0.05, 0) is 19.8 Å². The summed E-state index contributed by atoms with van der Waals surface area (Å²) < 4.78 is 0. The number of nitrogens with one attached hydrogen (secondary N) is 1. The third-order valence-electron chi connectivity index (χ3n) is 3.61. The third-order valence-corrected chi connectivity index (χ3v) is 3.61. The van der Waals surface area contributed by atoms with E-state index in [1.165, 1.54) is 0 Å². The van der Waals surface area contributed by atoms with Gasteiger partial charge in [-0.3, -0.25) is 9.69 Å². The van der Waals surface area contributed by atoms with Crippen LogP contribution >= 0.6 is 0 Å². The molecule has 0 spiro atoms. The molecular weight excluding hydrogens is 278 g/mol. The Balaban J connectivity index is 1.90. The fourth-order valence-corrected chi connectivity index (χ4v) is 2.61. The average Bonchev–Trinajstić information content (AvgIpc) is 2.47. The number of nitrogens with zero attached hydrogens (tertiary/aromatic N) is 4. The molecule has 2 rings (SSSR count). The summed E-state index contributed by atoms with van der Waals surface area (Å²) in [6, 6.07) is 0.100. The Morgan fingerprint density at radius 3 is 2.32 bits per heavy atom. The van der Waals surface area contributed by atoms with E-state index in [0.717, 1.165) is 38.5 Å². The summed E-state index contributed by atoms with van der Waals surface area (Å²) in [5.74, 6) is 1.38. The second-order valence-corrected chi connectivity index (χ2v) is 6.57. The van der Waals surface area contributed by atoms with Crippen molar-refractivity contribution in [2.75, 3.05) is 37.6 Å². The minimum absolute atomic E-state index is 0.100. The SMILES string of the molecule is CC(C)CN1CCN(c2cnc(C(=O)NC(C)C)cn2)CC1.